The number of aryl methyl sites for hydroxylation is 1. The molecule has 1 aliphatic heterocycles. The maximum Gasteiger partial charge on any atom is 0.266 e. The lowest BCUT2D eigenvalue weighted by atomic mass is 9.98. The van der Waals surface area contributed by atoms with Gasteiger partial charge >= 0.3 is 0 Å². The zero-order chi connectivity index (χ0) is 18.9. The molecule has 0 saturated carbocycles. The molecule has 0 atom stereocenters. The highest BCUT2D eigenvalue weighted by Gasteiger charge is 2.31. The second kappa shape index (κ2) is 7.32. The highest BCUT2D eigenvalue weighted by atomic mass is 32.2. The van der Waals surface area contributed by atoms with Crippen LogP contribution in [0.2, 0.25) is 0 Å². The summed E-state index contributed by atoms with van der Waals surface area (Å²) in [6, 6.07) is 3.38. The van der Waals surface area contributed by atoms with Crippen molar-refractivity contribution in [3.8, 4) is 0 Å². The SMILES string of the molecule is Cc1ccc(=O)n(CC2CCN(S(=O)(=O)c3cn(C(C)C)cn3)CC2)n1. The van der Waals surface area contributed by atoms with Crippen LogP contribution in [0.1, 0.15) is 38.4 Å². The van der Waals surface area contributed by atoms with Gasteiger partial charge in [-0.2, -0.15) is 9.40 Å². The molecule has 2 aromatic heterocycles. The number of sulfonamides is 1. The van der Waals surface area contributed by atoms with Gasteiger partial charge in [-0.25, -0.2) is 18.1 Å². The first kappa shape index (κ1) is 18.8. The van der Waals surface area contributed by atoms with Crippen LogP contribution in [0, 0.1) is 12.8 Å². The molecular formula is C17H25N5O3S. The van der Waals surface area contributed by atoms with Crippen molar-refractivity contribution in [2.45, 2.75) is 51.2 Å². The quantitative estimate of drug-likeness (QED) is 0.784. The molecule has 0 bridgehead atoms. The van der Waals surface area contributed by atoms with Gasteiger partial charge in [0, 0.05) is 37.9 Å². The minimum absolute atomic E-state index is 0.0984. The van der Waals surface area contributed by atoms with Crippen LogP contribution in [0.15, 0.2) is 34.5 Å². The topological polar surface area (TPSA) is 90.1 Å². The molecule has 8 nitrogen and oxygen atoms in total. The maximum atomic E-state index is 12.8. The molecule has 0 aliphatic carbocycles. The molecule has 3 rings (SSSR count). The lowest BCUT2D eigenvalue weighted by Crippen LogP contribution is -2.40. The predicted octanol–water partition coefficient (Wildman–Crippen LogP) is 1.43. The molecule has 2 aromatic rings. The fraction of sp³-hybridized carbons (Fsp3) is 0.588. The number of nitrogens with zero attached hydrogens (tertiary/aromatic N) is 5. The summed E-state index contributed by atoms with van der Waals surface area (Å²) in [5.41, 5.74) is 0.676. The summed E-state index contributed by atoms with van der Waals surface area (Å²) in [4.78, 5) is 16.0. The lowest BCUT2D eigenvalue weighted by Gasteiger charge is -2.30. The van der Waals surface area contributed by atoms with Crippen LogP contribution in [-0.4, -0.2) is 45.1 Å². The number of piperidine rings is 1. The van der Waals surface area contributed by atoms with E-state index in [1.54, 1.807) is 23.2 Å². The van der Waals surface area contributed by atoms with Crippen molar-refractivity contribution in [3.63, 3.8) is 0 Å². The van der Waals surface area contributed by atoms with E-state index < -0.39 is 10.0 Å². The Kier molecular flexibility index (Phi) is 5.29. The van der Waals surface area contributed by atoms with E-state index in [1.165, 1.54) is 15.1 Å². The van der Waals surface area contributed by atoms with E-state index in [9.17, 15) is 13.2 Å². The Balaban J connectivity index is 1.65. The van der Waals surface area contributed by atoms with Crippen molar-refractivity contribution >= 4 is 10.0 Å². The van der Waals surface area contributed by atoms with Crippen molar-refractivity contribution in [3.05, 3.63) is 40.7 Å². The molecule has 0 N–H and O–H groups in total. The zero-order valence-electron chi connectivity index (χ0n) is 15.4. The average molecular weight is 379 g/mol. The highest BCUT2D eigenvalue weighted by molar-refractivity contribution is 7.89. The highest BCUT2D eigenvalue weighted by Crippen LogP contribution is 2.24. The maximum absolute atomic E-state index is 12.8. The zero-order valence-corrected chi connectivity index (χ0v) is 16.2. The first-order valence-corrected chi connectivity index (χ1v) is 10.3. The Labute approximate surface area is 153 Å². The number of imidazole rings is 1. The molecule has 1 saturated heterocycles. The minimum atomic E-state index is -3.57. The van der Waals surface area contributed by atoms with Crippen molar-refractivity contribution in [1.82, 2.24) is 23.6 Å². The normalized spacial score (nSPS) is 17.1. The smallest absolute Gasteiger partial charge is 0.266 e. The van der Waals surface area contributed by atoms with E-state index in [1.807, 2.05) is 20.8 Å². The van der Waals surface area contributed by atoms with Crippen LogP contribution >= 0.6 is 0 Å². The van der Waals surface area contributed by atoms with E-state index >= 15 is 0 Å². The molecule has 9 heteroatoms. The predicted molar refractivity (Wildman–Crippen MR) is 97.3 cm³/mol. The summed E-state index contributed by atoms with van der Waals surface area (Å²) in [5.74, 6) is 0.238. The van der Waals surface area contributed by atoms with E-state index in [2.05, 4.69) is 10.1 Å². The molecule has 142 valence electrons. The Morgan fingerprint density at radius 2 is 1.92 bits per heavy atom. The first-order chi connectivity index (χ1) is 12.3. The van der Waals surface area contributed by atoms with Gasteiger partial charge in [0.05, 0.1) is 12.0 Å². The number of aromatic nitrogens is 4. The number of hydrogen-bond acceptors (Lipinski definition) is 5. The molecular weight excluding hydrogens is 354 g/mol. The largest absolute Gasteiger partial charge is 0.334 e. The third-order valence-electron chi connectivity index (χ3n) is 4.78. The third kappa shape index (κ3) is 3.88. The van der Waals surface area contributed by atoms with E-state index in [0.29, 0.717) is 32.5 Å². The van der Waals surface area contributed by atoms with Gasteiger partial charge in [-0.1, -0.05) is 0 Å². The van der Waals surface area contributed by atoms with E-state index in [0.717, 1.165) is 5.69 Å². The fourth-order valence-electron chi connectivity index (χ4n) is 3.12. The molecule has 26 heavy (non-hydrogen) atoms. The lowest BCUT2D eigenvalue weighted by molar-refractivity contribution is 0.244. The van der Waals surface area contributed by atoms with Gasteiger partial charge in [0.2, 0.25) is 0 Å². The Morgan fingerprint density at radius 3 is 2.54 bits per heavy atom. The van der Waals surface area contributed by atoms with Crippen molar-refractivity contribution < 1.29 is 8.42 Å². The monoisotopic (exact) mass is 379 g/mol. The van der Waals surface area contributed by atoms with Gasteiger partial charge in [0.25, 0.3) is 15.6 Å². The molecule has 3 heterocycles. The number of rotatable bonds is 5. The van der Waals surface area contributed by atoms with Gasteiger partial charge in [-0.15, -0.1) is 0 Å². The van der Waals surface area contributed by atoms with E-state index in [4.69, 9.17) is 0 Å². The first-order valence-electron chi connectivity index (χ1n) is 8.86. The summed E-state index contributed by atoms with van der Waals surface area (Å²) >= 11 is 0. The summed E-state index contributed by atoms with van der Waals surface area (Å²) in [6.07, 6.45) is 4.54. The third-order valence-corrected chi connectivity index (χ3v) is 6.57. The minimum Gasteiger partial charge on any atom is -0.334 e. The number of hydrogen-bond donors (Lipinski definition) is 0. The van der Waals surface area contributed by atoms with Crippen molar-refractivity contribution in [2.75, 3.05) is 13.1 Å². The molecule has 0 amide bonds. The average Bonchev–Trinajstić information content (AvgIpc) is 3.10. The van der Waals surface area contributed by atoms with E-state index in [-0.39, 0.29) is 22.5 Å². The molecule has 0 radical (unpaired) electrons. The van der Waals surface area contributed by atoms with Gasteiger partial charge in [-0.3, -0.25) is 4.79 Å². The second-order valence-electron chi connectivity index (χ2n) is 7.10. The van der Waals surface area contributed by atoms with Gasteiger partial charge < -0.3 is 4.57 Å². The Hall–Kier alpha value is -2.00. The Bertz CT molecular complexity index is 924. The molecule has 0 aromatic carbocycles. The van der Waals surface area contributed by atoms with Gasteiger partial charge in [0.1, 0.15) is 0 Å². The summed E-state index contributed by atoms with van der Waals surface area (Å²) in [6.45, 7) is 7.19. The van der Waals surface area contributed by atoms with Crippen LogP contribution in [0.5, 0.6) is 0 Å². The van der Waals surface area contributed by atoms with Crippen LogP contribution < -0.4 is 5.56 Å². The van der Waals surface area contributed by atoms with Gasteiger partial charge in [0.15, 0.2) is 5.03 Å². The Morgan fingerprint density at radius 1 is 1.23 bits per heavy atom. The summed E-state index contributed by atoms with van der Waals surface area (Å²) < 4.78 is 30.3. The van der Waals surface area contributed by atoms with Gasteiger partial charge in [-0.05, 0) is 45.6 Å². The summed E-state index contributed by atoms with van der Waals surface area (Å²) in [7, 11) is -3.57. The second-order valence-corrected chi connectivity index (χ2v) is 8.98. The van der Waals surface area contributed by atoms with Crippen LogP contribution in [-0.2, 0) is 16.6 Å². The van der Waals surface area contributed by atoms with Crippen LogP contribution in [0.3, 0.4) is 0 Å². The molecule has 0 spiro atoms. The molecule has 0 unspecified atom stereocenters. The molecule has 1 aliphatic rings. The van der Waals surface area contributed by atoms with Crippen molar-refractivity contribution in [1.29, 1.82) is 0 Å². The van der Waals surface area contributed by atoms with Crippen molar-refractivity contribution in [2.24, 2.45) is 5.92 Å². The van der Waals surface area contributed by atoms with Crippen LogP contribution in [0.25, 0.3) is 0 Å². The molecule has 1 fully saturated rings. The summed E-state index contributed by atoms with van der Waals surface area (Å²) in [5, 5.41) is 4.36. The standard InChI is InChI=1S/C17H25N5O3S/c1-13(2)20-11-16(18-12-20)26(24,25)21-8-6-15(7-9-21)10-22-17(23)5-4-14(3)19-22/h4-5,11-13,15H,6-10H2,1-3H3. The fourth-order valence-corrected chi connectivity index (χ4v) is 4.52. The van der Waals surface area contributed by atoms with Crippen LogP contribution in [0.4, 0.5) is 0 Å².